The Bertz CT molecular complexity index is 2030. The number of aliphatic hydroxyl groups excluding tert-OH is 2. The molecule has 0 aromatic heterocycles. The molecule has 0 fully saturated rings. The van der Waals surface area contributed by atoms with E-state index in [0.717, 1.165) is 12.0 Å². The van der Waals surface area contributed by atoms with Crippen molar-refractivity contribution in [3.05, 3.63) is 35.9 Å². The van der Waals surface area contributed by atoms with Crippen molar-refractivity contribution < 1.29 is 53.4 Å². The van der Waals surface area contributed by atoms with E-state index in [0.29, 0.717) is 38.6 Å². The van der Waals surface area contributed by atoms with Gasteiger partial charge in [0.05, 0.1) is 25.3 Å². The fraction of sp³-hybridized carbons (Fsp3) is 0.667. The molecule has 10 atom stereocenters. The second-order valence-corrected chi connectivity index (χ2v) is 19.2. The first kappa shape index (κ1) is 65.7. The van der Waals surface area contributed by atoms with Gasteiger partial charge in [0, 0.05) is 68.4 Å². The van der Waals surface area contributed by atoms with Gasteiger partial charge in [-0.2, -0.15) is 0 Å². The van der Waals surface area contributed by atoms with Crippen molar-refractivity contribution in [3.8, 4) is 0 Å². The minimum absolute atomic E-state index is 0.0594. The standard InChI is InChI=1S/C51H86N12O11/c1-6-30(3)36(45(53)70)27-44(69)38(25-33-15-9-8-10-16-33)61-46(71)31(4)23-41(66)39(28-64)62-47(72)32(5)24-42(67)40(29-65)63-49(74)35(18-13-21-58-50(54)55)26-43(68)37(19-14-22-59-51(56)57)60-48(73)34(7-2)17-11-12-20-52/h8-10,15-16,30-32,34-40,64-65H,6-7,11-14,17-29,52H2,1-5H3,(H2,53,70)(H,60,73)(H,61,71)(H,62,72)(H,63,74)(H4,54,55,58)(H4,56,57,59)/t30-,31+,32+,34-,35+,36-,37-,38-,39-,40-/m0/s1. The summed E-state index contributed by atoms with van der Waals surface area (Å²) in [6, 6.07) is 3.81. The van der Waals surface area contributed by atoms with Gasteiger partial charge >= 0.3 is 0 Å². The summed E-state index contributed by atoms with van der Waals surface area (Å²) in [4.78, 5) is 129. The van der Waals surface area contributed by atoms with Crippen LogP contribution in [-0.2, 0) is 49.6 Å². The van der Waals surface area contributed by atoms with Crippen molar-refractivity contribution in [1.82, 2.24) is 21.3 Å². The Kier molecular flexibility index (Phi) is 31.7. The molecule has 0 spiro atoms. The van der Waals surface area contributed by atoms with Gasteiger partial charge < -0.3 is 65.9 Å². The zero-order valence-electron chi connectivity index (χ0n) is 44.0. The predicted molar refractivity (Wildman–Crippen MR) is 281 cm³/mol. The van der Waals surface area contributed by atoms with Gasteiger partial charge in [0.25, 0.3) is 0 Å². The highest BCUT2D eigenvalue weighted by Gasteiger charge is 2.34. The highest BCUT2D eigenvalue weighted by atomic mass is 16.3. The number of carbonyl (C=O) groups excluding carboxylic acids is 9. The van der Waals surface area contributed by atoms with Gasteiger partial charge in [0.1, 0.15) is 12.1 Å². The molecule has 18 N–H and O–H groups in total. The molecule has 74 heavy (non-hydrogen) atoms. The summed E-state index contributed by atoms with van der Waals surface area (Å²) in [6.07, 6.45) is 2.40. The number of benzene rings is 1. The summed E-state index contributed by atoms with van der Waals surface area (Å²) in [5, 5.41) is 30.9. The highest BCUT2D eigenvalue weighted by molar-refractivity contribution is 5.98. The number of primary amides is 1. The second kappa shape index (κ2) is 35.8. The number of hydrogen-bond acceptors (Lipinski definition) is 14. The van der Waals surface area contributed by atoms with Crippen molar-refractivity contribution in [3.63, 3.8) is 0 Å². The number of aliphatic hydroxyl groups is 2. The molecule has 0 bridgehead atoms. The van der Waals surface area contributed by atoms with Crippen molar-refractivity contribution in [2.45, 2.75) is 149 Å². The Balaban J connectivity index is 3.16. The van der Waals surface area contributed by atoms with E-state index in [1.54, 1.807) is 30.3 Å². The monoisotopic (exact) mass is 1040 g/mol. The number of unbranched alkanes of at least 4 members (excludes halogenated alkanes) is 1. The van der Waals surface area contributed by atoms with Gasteiger partial charge in [0.2, 0.25) is 29.5 Å². The molecule has 416 valence electrons. The minimum Gasteiger partial charge on any atom is -0.394 e. The molecule has 0 aliphatic carbocycles. The molecule has 0 heterocycles. The minimum atomic E-state index is -1.52. The summed E-state index contributed by atoms with van der Waals surface area (Å²) >= 11 is 0. The van der Waals surface area contributed by atoms with E-state index in [2.05, 4.69) is 31.3 Å². The SMILES string of the molecule is CC[C@@H](CCCCN)C(=O)N[C@@H](CCCN=C(N)N)C(=O)C[C@@H](CCCN=C(N)N)C(=O)N[C@@H](CO)C(=O)C[C@@H](C)C(=O)N[C@@H](CO)C(=O)C[C@@H](C)C(=O)N[C@@H](Cc1ccccc1)C(=O)C[C@H](C(N)=O)[C@@H](C)CC. The lowest BCUT2D eigenvalue weighted by Gasteiger charge is -2.25. The number of Topliss-reactive ketones (excluding diaryl/α,β-unsaturated/α-hetero) is 4. The Morgan fingerprint density at radius 2 is 0.973 bits per heavy atom. The smallest absolute Gasteiger partial charge is 0.224 e. The maximum absolute atomic E-state index is 14.0. The van der Waals surface area contributed by atoms with Crippen LogP contribution in [0, 0.1) is 35.5 Å². The van der Waals surface area contributed by atoms with Crippen LogP contribution < -0.4 is 55.7 Å². The van der Waals surface area contributed by atoms with E-state index in [1.165, 1.54) is 13.8 Å². The Morgan fingerprint density at radius 3 is 1.45 bits per heavy atom. The first-order chi connectivity index (χ1) is 35.0. The lowest BCUT2D eigenvalue weighted by molar-refractivity contribution is -0.136. The van der Waals surface area contributed by atoms with Gasteiger partial charge in [0.15, 0.2) is 35.1 Å². The summed E-state index contributed by atoms with van der Waals surface area (Å²) in [6.45, 7) is 7.36. The molecule has 5 amide bonds. The normalized spacial score (nSPS) is 15.2. The van der Waals surface area contributed by atoms with Crippen molar-refractivity contribution in [1.29, 1.82) is 0 Å². The number of nitrogens with zero attached hydrogens (tertiary/aromatic N) is 2. The van der Waals surface area contributed by atoms with E-state index in [1.807, 2.05) is 20.8 Å². The van der Waals surface area contributed by atoms with Gasteiger partial charge in [-0.1, -0.05) is 77.8 Å². The largest absolute Gasteiger partial charge is 0.394 e. The highest BCUT2D eigenvalue weighted by Crippen LogP contribution is 2.22. The summed E-state index contributed by atoms with van der Waals surface area (Å²) in [5.41, 5.74) is 33.9. The lowest BCUT2D eigenvalue weighted by Crippen LogP contribution is -2.50. The average Bonchev–Trinajstić information content (AvgIpc) is 3.36. The maximum atomic E-state index is 14.0. The van der Waals surface area contributed by atoms with Crippen LogP contribution >= 0.6 is 0 Å². The first-order valence-corrected chi connectivity index (χ1v) is 25.7. The molecule has 0 radical (unpaired) electrons. The zero-order valence-corrected chi connectivity index (χ0v) is 44.0. The van der Waals surface area contributed by atoms with Crippen molar-refractivity contribution in [2.75, 3.05) is 32.8 Å². The van der Waals surface area contributed by atoms with Gasteiger partial charge in [-0.3, -0.25) is 53.1 Å². The number of rotatable bonds is 40. The van der Waals surface area contributed by atoms with Crippen LogP contribution in [0.25, 0.3) is 0 Å². The number of nitrogens with one attached hydrogen (secondary N) is 4. The number of guanidine groups is 2. The molecular formula is C51H86N12O11. The van der Waals surface area contributed by atoms with Gasteiger partial charge in [-0.05, 0) is 69.4 Å². The molecule has 1 aromatic rings. The van der Waals surface area contributed by atoms with Crippen molar-refractivity contribution in [2.24, 2.45) is 79.9 Å². The first-order valence-electron chi connectivity index (χ1n) is 25.7. The van der Waals surface area contributed by atoms with Crippen LogP contribution in [0.2, 0.25) is 0 Å². The second-order valence-electron chi connectivity index (χ2n) is 19.2. The fourth-order valence-electron chi connectivity index (χ4n) is 8.19. The van der Waals surface area contributed by atoms with Crippen LogP contribution in [0.3, 0.4) is 0 Å². The average molecular weight is 1040 g/mol. The Labute approximate surface area is 435 Å². The quantitative estimate of drug-likeness (QED) is 0.0219. The molecular weight excluding hydrogens is 957 g/mol. The third-order valence-corrected chi connectivity index (χ3v) is 13.1. The van der Waals surface area contributed by atoms with Crippen LogP contribution in [0.15, 0.2) is 40.3 Å². The number of nitrogens with two attached hydrogens (primary N) is 6. The van der Waals surface area contributed by atoms with Crippen LogP contribution in [0.1, 0.15) is 124 Å². The molecule has 23 heteroatoms. The van der Waals surface area contributed by atoms with Crippen molar-refractivity contribution >= 4 is 64.6 Å². The van der Waals surface area contributed by atoms with Crippen LogP contribution in [0.5, 0.6) is 0 Å². The van der Waals surface area contributed by atoms with Crippen LogP contribution in [-0.4, -0.2) is 132 Å². The van der Waals surface area contributed by atoms with E-state index < -0.39 is 121 Å². The van der Waals surface area contributed by atoms with Crippen LogP contribution in [0.4, 0.5) is 0 Å². The molecule has 0 aliphatic rings. The summed E-state index contributed by atoms with van der Waals surface area (Å²) in [7, 11) is 0. The zero-order chi connectivity index (χ0) is 55.9. The molecule has 0 aliphatic heterocycles. The van der Waals surface area contributed by atoms with Gasteiger partial charge in [-0.15, -0.1) is 0 Å². The fourth-order valence-corrected chi connectivity index (χ4v) is 8.19. The topological polar surface area (TPSA) is 423 Å². The maximum Gasteiger partial charge on any atom is 0.224 e. The lowest BCUT2D eigenvalue weighted by atomic mass is 9.84. The molecule has 0 saturated heterocycles. The number of aliphatic imine (C=N–C) groups is 2. The van der Waals surface area contributed by atoms with E-state index in [-0.39, 0.29) is 81.3 Å². The predicted octanol–water partition coefficient (Wildman–Crippen LogP) is -0.712. The summed E-state index contributed by atoms with van der Waals surface area (Å²) < 4.78 is 0. The van der Waals surface area contributed by atoms with E-state index in [9.17, 15) is 53.4 Å². The third-order valence-electron chi connectivity index (χ3n) is 13.1. The molecule has 23 nitrogen and oxygen atoms in total. The number of amides is 5. The molecule has 1 aromatic carbocycles. The third kappa shape index (κ3) is 25.1. The van der Waals surface area contributed by atoms with Gasteiger partial charge in [-0.25, -0.2) is 0 Å². The Hall–Kier alpha value is -6.33. The number of ketones is 4. The Morgan fingerprint density at radius 1 is 0.527 bits per heavy atom. The number of hydrogen-bond donors (Lipinski definition) is 12. The molecule has 1 rings (SSSR count). The van der Waals surface area contributed by atoms with E-state index >= 15 is 0 Å². The number of carbonyl (C=O) groups is 9. The molecule has 0 saturated carbocycles. The summed E-state index contributed by atoms with van der Waals surface area (Å²) in [5.74, 6) is -10.5. The van der Waals surface area contributed by atoms with E-state index in [4.69, 9.17) is 34.4 Å². The molecule has 0 unspecified atom stereocenters.